The molecule has 1 unspecified atom stereocenters. The Bertz CT molecular complexity index is 1100. The lowest BCUT2D eigenvalue weighted by atomic mass is 10.2. The Kier molecular flexibility index (Phi) is 7.70. The number of anilines is 1. The van der Waals surface area contributed by atoms with Gasteiger partial charge in [0, 0.05) is 0 Å². The van der Waals surface area contributed by atoms with Crippen molar-refractivity contribution in [3.63, 3.8) is 0 Å². The third-order valence-electron chi connectivity index (χ3n) is 4.87. The van der Waals surface area contributed by atoms with E-state index in [9.17, 15) is 13.2 Å². The molecule has 3 rings (SSSR count). The largest absolute Gasteiger partial charge is 0.494 e. The van der Waals surface area contributed by atoms with Crippen molar-refractivity contribution in [2.45, 2.75) is 50.5 Å². The highest BCUT2D eigenvalue weighted by Gasteiger charge is 2.34. The molecule has 0 saturated carbocycles. The van der Waals surface area contributed by atoms with Gasteiger partial charge in [-0.25, -0.2) is 0 Å². The van der Waals surface area contributed by atoms with Crippen molar-refractivity contribution < 1.29 is 22.5 Å². The van der Waals surface area contributed by atoms with E-state index in [1.165, 1.54) is 37.1 Å². The first-order valence-corrected chi connectivity index (χ1v) is 11.8. The van der Waals surface area contributed by atoms with E-state index in [4.69, 9.17) is 9.29 Å². The fourth-order valence-corrected chi connectivity index (χ4v) is 3.57. The summed E-state index contributed by atoms with van der Waals surface area (Å²) >= 11 is 0. The van der Waals surface area contributed by atoms with E-state index in [0.717, 1.165) is 23.6 Å². The lowest BCUT2D eigenvalue weighted by Gasteiger charge is -2.12. The smallest absolute Gasteiger partial charge is 0.294 e. The minimum atomic E-state index is -4.31. The highest BCUT2D eigenvalue weighted by atomic mass is 32.2. The quantitative estimate of drug-likeness (QED) is 0.312. The molecule has 1 aliphatic heterocycles. The van der Waals surface area contributed by atoms with Crippen molar-refractivity contribution in [2.75, 3.05) is 11.6 Å². The summed E-state index contributed by atoms with van der Waals surface area (Å²) < 4.78 is 37.1. The van der Waals surface area contributed by atoms with Crippen LogP contribution in [0.5, 0.6) is 5.75 Å². The summed E-state index contributed by atoms with van der Waals surface area (Å²) in [4.78, 5) is 12.5. The lowest BCUT2D eigenvalue weighted by molar-refractivity contribution is -0.117. The maximum Gasteiger partial charge on any atom is 0.294 e. The molecular formula is C22H26N4O5S. The minimum Gasteiger partial charge on any atom is -0.494 e. The number of ether oxygens (including phenoxy) is 1. The van der Waals surface area contributed by atoms with Crippen molar-refractivity contribution >= 4 is 33.1 Å². The highest BCUT2D eigenvalue weighted by Crippen LogP contribution is 2.25. The summed E-state index contributed by atoms with van der Waals surface area (Å²) in [7, 11) is -4.31. The van der Waals surface area contributed by atoms with Gasteiger partial charge in [0.2, 0.25) is 0 Å². The Morgan fingerprint density at radius 2 is 1.75 bits per heavy atom. The number of carbonyl (C=O) groups excluding carboxylic acids is 1. The molecule has 0 radical (unpaired) electrons. The zero-order valence-electron chi connectivity index (χ0n) is 18.0. The van der Waals surface area contributed by atoms with Gasteiger partial charge in [0.25, 0.3) is 16.0 Å². The normalized spacial score (nSPS) is 16.6. The van der Waals surface area contributed by atoms with Gasteiger partial charge < -0.3 is 4.74 Å². The molecule has 1 heterocycles. The summed E-state index contributed by atoms with van der Waals surface area (Å²) in [6, 6.07) is 11.5. The first-order chi connectivity index (χ1) is 15.3. The molecule has 2 aromatic rings. The second kappa shape index (κ2) is 10.5. The third-order valence-corrected chi connectivity index (χ3v) is 5.74. The van der Waals surface area contributed by atoms with Gasteiger partial charge in [-0.05, 0) is 61.9 Å². The SMILES string of the molecule is CCCCCCOc1ccc(N=NC2C(=O)N(c3ccc(S(=O)(=O)O)cc3)N=C2C)cc1. The molecule has 0 bridgehead atoms. The van der Waals surface area contributed by atoms with E-state index in [2.05, 4.69) is 22.3 Å². The summed E-state index contributed by atoms with van der Waals surface area (Å²) in [6.45, 7) is 4.51. The van der Waals surface area contributed by atoms with Crippen LogP contribution in [0.4, 0.5) is 11.4 Å². The predicted octanol–water partition coefficient (Wildman–Crippen LogP) is 4.77. The number of rotatable bonds is 10. The molecule has 0 fully saturated rings. The average molecular weight is 459 g/mol. The van der Waals surface area contributed by atoms with Gasteiger partial charge in [0.15, 0.2) is 6.04 Å². The Morgan fingerprint density at radius 1 is 1.06 bits per heavy atom. The predicted molar refractivity (Wildman–Crippen MR) is 121 cm³/mol. The van der Waals surface area contributed by atoms with Gasteiger partial charge in [-0.1, -0.05) is 26.2 Å². The van der Waals surface area contributed by atoms with Crippen LogP contribution in [0.1, 0.15) is 39.5 Å². The molecule has 10 heteroatoms. The van der Waals surface area contributed by atoms with E-state index >= 15 is 0 Å². The van der Waals surface area contributed by atoms with Crippen molar-refractivity contribution in [1.29, 1.82) is 0 Å². The van der Waals surface area contributed by atoms with Crippen molar-refractivity contribution in [1.82, 2.24) is 0 Å². The van der Waals surface area contributed by atoms with E-state index in [1.807, 2.05) is 12.1 Å². The van der Waals surface area contributed by atoms with Crippen LogP contribution in [0.15, 0.2) is 68.8 Å². The molecule has 1 atom stereocenters. The second-order valence-electron chi connectivity index (χ2n) is 7.38. The van der Waals surface area contributed by atoms with Crippen LogP contribution in [0.25, 0.3) is 0 Å². The van der Waals surface area contributed by atoms with Crippen LogP contribution >= 0.6 is 0 Å². The van der Waals surface area contributed by atoms with Gasteiger partial charge in [-0.15, -0.1) is 0 Å². The topological polar surface area (TPSA) is 121 Å². The Morgan fingerprint density at radius 3 is 2.38 bits per heavy atom. The molecular weight excluding hydrogens is 432 g/mol. The molecule has 2 aromatic carbocycles. The monoisotopic (exact) mass is 458 g/mol. The van der Waals surface area contributed by atoms with Crippen LogP contribution in [0, 0.1) is 0 Å². The molecule has 9 nitrogen and oxygen atoms in total. The Balaban J connectivity index is 1.61. The molecule has 1 amide bonds. The number of hydrogen-bond acceptors (Lipinski definition) is 7. The van der Waals surface area contributed by atoms with Gasteiger partial charge in [-0.3, -0.25) is 9.35 Å². The lowest BCUT2D eigenvalue weighted by Crippen LogP contribution is -2.29. The number of carbonyl (C=O) groups is 1. The first kappa shape index (κ1) is 23.6. The van der Waals surface area contributed by atoms with Gasteiger partial charge in [0.05, 0.1) is 28.6 Å². The second-order valence-corrected chi connectivity index (χ2v) is 8.80. The average Bonchev–Trinajstić information content (AvgIpc) is 3.06. The minimum absolute atomic E-state index is 0.266. The number of hydrogen-bond donors (Lipinski definition) is 1. The molecule has 1 N–H and O–H groups in total. The van der Waals surface area contributed by atoms with Crippen LogP contribution in [0.2, 0.25) is 0 Å². The van der Waals surface area contributed by atoms with Crippen molar-refractivity contribution in [3.8, 4) is 5.75 Å². The third kappa shape index (κ3) is 5.98. The molecule has 0 saturated heterocycles. The maximum absolute atomic E-state index is 12.7. The molecule has 0 aliphatic carbocycles. The summed E-state index contributed by atoms with van der Waals surface area (Å²) in [6.07, 6.45) is 4.57. The maximum atomic E-state index is 12.7. The number of azo groups is 1. The number of unbranched alkanes of at least 4 members (excludes halogenated alkanes) is 3. The molecule has 32 heavy (non-hydrogen) atoms. The van der Waals surface area contributed by atoms with Gasteiger partial charge in [0.1, 0.15) is 5.75 Å². The number of benzene rings is 2. The zero-order valence-corrected chi connectivity index (χ0v) is 18.8. The molecule has 0 aromatic heterocycles. The zero-order chi connectivity index (χ0) is 23.1. The number of nitrogens with zero attached hydrogens (tertiary/aromatic N) is 4. The molecule has 170 valence electrons. The Hall–Kier alpha value is -3.11. The van der Waals surface area contributed by atoms with Crippen LogP contribution in [0.3, 0.4) is 0 Å². The van der Waals surface area contributed by atoms with Gasteiger partial charge in [-0.2, -0.15) is 28.8 Å². The number of amides is 1. The molecule has 0 spiro atoms. The van der Waals surface area contributed by atoms with Crippen LogP contribution < -0.4 is 9.75 Å². The van der Waals surface area contributed by atoms with Crippen LogP contribution in [-0.4, -0.2) is 37.2 Å². The molecule has 1 aliphatic rings. The van der Waals surface area contributed by atoms with E-state index < -0.39 is 22.1 Å². The van der Waals surface area contributed by atoms with Crippen molar-refractivity contribution in [2.24, 2.45) is 15.3 Å². The fourth-order valence-electron chi connectivity index (χ4n) is 3.09. The summed E-state index contributed by atoms with van der Waals surface area (Å²) in [5.74, 6) is 0.354. The first-order valence-electron chi connectivity index (χ1n) is 10.4. The summed E-state index contributed by atoms with van der Waals surface area (Å²) in [5, 5.41) is 13.6. The van der Waals surface area contributed by atoms with Crippen LogP contribution in [-0.2, 0) is 14.9 Å². The van der Waals surface area contributed by atoms with E-state index in [-0.39, 0.29) is 4.90 Å². The van der Waals surface area contributed by atoms with Gasteiger partial charge >= 0.3 is 0 Å². The van der Waals surface area contributed by atoms with E-state index in [1.54, 1.807) is 19.1 Å². The van der Waals surface area contributed by atoms with Crippen molar-refractivity contribution in [3.05, 3.63) is 48.5 Å². The number of hydrazone groups is 1. The van der Waals surface area contributed by atoms with E-state index in [0.29, 0.717) is 23.7 Å². The standard InChI is InChI=1S/C22H26N4O5S/c1-3-4-5-6-15-31-19-11-7-17(8-12-19)23-24-21-16(2)25-26(22(21)27)18-9-13-20(14-10-18)32(28,29)30/h7-14,21H,3-6,15H2,1-2H3,(H,28,29,30). The fraction of sp³-hybridized carbons (Fsp3) is 0.364. The summed E-state index contributed by atoms with van der Waals surface area (Å²) in [5.41, 5.74) is 1.41. The Labute approximate surface area is 187 Å². The highest BCUT2D eigenvalue weighted by molar-refractivity contribution is 7.85.